The van der Waals surface area contributed by atoms with E-state index in [0.29, 0.717) is 19.4 Å². The Morgan fingerprint density at radius 3 is 2.52 bits per heavy atom. The van der Waals surface area contributed by atoms with Crippen LogP contribution in [0.25, 0.3) is 0 Å². The van der Waals surface area contributed by atoms with Crippen molar-refractivity contribution >= 4 is 16.2 Å². The van der Waals surface area contributed by atoms with Gasteiger partial charge in [0.1, 0.15) is 6.04 Å². The minimum absolute atomic E-state index is 0.182. The summed E-state index contributed by atoms with van der Waals surface area (Å²) in [6, 6.07) is -0.952. The number of ether oxygens (including phenoxy) is 1. The first-order valence-electron chi connectivity index (χ1n) is 7.61. The van der Waals surface area contributed by atoms with E-state index in [1.807, 2.05) is 0 Å². The van der Waals surface area contributed by atoms with Crippen LogP contribution < -0.4 is 4.72 Å². The second-order valence-corrected chi connectivity index (χ2v) is 7.34. The largest absolute Gasteiger partial charge is 0.480 e. The molecule has 0 bridgehead atoms. The average Bonchev–Trinajstić information content (AvgIpc) is 2.97. The molecule has 8 heteroatoms. The van der Waals surface area contributed by atoms with Crippen LogP contribution >= 0.6 is 0 Å². The quantitative estimate of drug-likeness (QED) is 0.674. The molecule has 1 unspecified atom stereocenters. The van der Waals surface area contributed by atoms with E-state index in [1.54, 1.807) is 0 Å². The first-order valence-corrected chi connectivity index (χ1v) is 9.05. The molecule has 0 aromatic carbocycles. The highest BCUT2D eigenvalue weighted by Crippen LogP contribution is 2.21. The summed E-state index contributed by atoms with van der Waals surface area (Å²) < 4.78 is 33.5. The summed E-state index contributed by atoms with van der Waals surface area (Å²) in [5.74, 6) is -1.08. The number of piperidine rings is 1. The van der Waals surface area contributed by atoms with Crippen LogP contribution in [-0.4, -0.2) is 55.6 Å². The maximum atomic E-state index is 12.2. The number of rotatable bonds is 7. The van der Waals surface area contributed by atoms with Crippen molar-refractivity contribution in [1.82, 2.24) is 9.03 Å². The molecule has 0 aromatic rings. The van der Waals surface area contributed by atoms with E-state index in [-0.39, 0.29) is 19.2 Å². The molecule has 1 atom stereocenters. The third kappa shape index (κ3) is 4.64. The van der Waals surface area contributed by atoms with Crippen LogP contribution in [0.2, 0.25) is 0 Å². The van der Waals surface area contributed by atoms with Crippen LogP contribution in [0.15, 0.2) is 0 Å². The lowest BCUT2D eigenvalue weighted by Gasteiger charge is -2.31. The van der Waals surface area contributed by atoms with Crippen LogP contribution in [0.5, 0.6) is 0 Å². The Kier molecular flexibility index (Phi) is 5.98. The van der Waals surface area contributed by atoms with Crippen molar-refractivity contribution in [2.24, 2.45) is 0 Å². The molecule has 1 heterocycles. The summed E-state index contributed by atoms with van der Waals surface area (Å²) >= 11 is 0. The number of hydrogen-bond donors (Lipinski definition) is 2. The summed E-state index contributed by atoms with van der Waals surface area (Å²) in [7, 11) is -3.75. The lowest BCUT2D eigenvalue weighted by Crippen LogP contribution is -2.52. The van der Waals surface area contributed by atoms with Crippen LogP contribution in [0.3, 0.4) is 0 Å². The Morgan fingerprint density at radius 1 is 1.19 bits per heavy atom. The highest BCUT2D eigenvalue weighted by molar-refractivity contribution is 7.87. The third-order valence-corrected chi connectivity index (χ3v) is 5.71. The van der Waals surface area contributed by atoms with Crippen molar-refractivity contribution in [3.8, 4) is 0 Å². The van der Waals surface area contributed by atoms with Crippen LogP contribution in [0.1, 0.15) is 44.9 Å². The first-order chi connectivity index (χ1) is 10.0. The van der Waals surface area contributed by atoms with Gasteiger partial charge in [0, 0.05) is 13.1 Å². The number of nitrogens with zero attached hydrogens (tertiary/aromatic N) is 1. The minimum atomic E-state index is -3.75. The van der Waals surface area contributed by atoms with Crippen molar-refractivity contribution in [3.63, 3.8) is 0 Å². The zero-order chi connectivity index (χ0) is 15.3. The predicted molar refractivity (Wildman–Crippen MR) is 77.1 cm³/mol. The molecule has 2 N–H and O–H groups in total. The molecule has 21 heavy (non-hydrogen) atoms. The maximum Gasteiger partial charge on any atom is 0.322 e. The number of carboxylic acid groups (broad SMARTS) is 1. The van der Waals surface area contributed by atoms with E-state index in [0.717, 1.165) is 23.6 Å². The van der Waals surface area contributed by atoms with Gasteiger partial charge in [-0.1, -0.05) is 12.8 Å². The highest BCUT2D eigenvalue weighted by Gasteiger charge is 2.36. The number of carboxylic acids is 1. The number of aliphatic carboxylic acids is 1. The number of carbonyl (C=O) groups is 1. The van der Waals surface area contributed by atoms with Gasteiger partial charge in [-0.25, -0.2) is 0 Å². The SMILES string of the molecule is O=C(O)C1CCCCN1S(=O)(=O)NCCOC1CCCC1. The van der Waals surface area contributed by atoms with Gasteiger partial charge in [-0.2, -0.15) is 17.4 Å². The van der Waals surface area contributed by atoms with Gasteiger partial charge in [0.15, 0.2) is 0 Å². The molecule has 2 fully saturated rings. The summed E-state index contributed by atoms with van der Waals surface area (Å²) in [5, 5.41) is 9.13. The zero-order valence-electron chi connectivity index (χ0n) is 12.2. The van der Waals surface area contributed by atoms with E-state index < -0.39 is 22.2 Å². The van der Waals surface area contributed by atoms with Gasteiger partial charge < -0.3 is 9.84 Å². The molecule has 2 aliphatic rings. The number of hydrogen-bond acceptors (Lipinski definition) is 4. The zero-order valence-corrected chi connectivity index (χ0v) is 13.0. The van der Waals surface area contributed by atoms with Crippen LogP contribution in [0.4, 0.5) is 0 Å². The molecule has 122 valence electrons. The summed E-state index contributed by atoms with van der Waals surface area (Å²) in [6.07, 6.45) is 6.48. The molecule has 0 aromatic heterocycles. The lowest BCUT2D eigenvalue weighted by atomic mass is 10.1. The third-order valence-electron chi connectivity index (χ3n) is 4.09. The molecule has 0 amide bonds. The van der Waals surface area contributed by atoms with Gasteiger partial charge >= 0.3 is 5.97 Å². The summed E-state index contributed by atoms with van der Waals surface area (Å²) in [6.45, 7) is 0.771. The van der Waals surface area contributed by atoms with Crippen molar-refractivity contribution in [1.29, 1.82) is 0 Å². The van der Waals surface area contributed by atoms with Crippen molar-refractivity contribution in [3.05, 3.63) is 0 Å². The van der Waals surface area contributed by atoms with E-state index in [1.165, 1.54) is 12.8 Å². The monoisotopic (exact) mass is 320 g/mol. The molecule has 1 saturated carbocycles. The highest BCUT2D eigenvalue weighted by atomic mass is 32.2. The molecule has 0 spiro atoms. The van der Waals surface area contributed by atoms with Gasteiger partial charge in [-0.3, -0.25) is 4.79 Å². The fourth-order valence-corrected chi connectivity index (χ4v) is 4.38. The minimum Gasteiger partial charge on any atom is -0.480 e. The van der Waals surface area contributed by atoms with Gasteiger partial charge in [0.25, 0.3) is 10.2 Å². The second kappa shape index (κ2) is 7.53. The fourth-order valence-electron chi connectivity index (χ4n) is 2.97. The van der Waals surface area contributed by atoms with E-state index in [9.17, 15) is 13.2 Å². The topological polar surface area (TPSA) is 95.9 Å². The molecule has 1 aliphatic heterocycles. The van der Waals surface area contributed by atoms with E-state index in [4.69, 9.17) is 9.84 Å². The maximum absolute atomic E-state index is 12.2. The van der Waals surface area contributed by atoms with Crippen LogP contribution in [0, 0.1) is 0 Å². The van der Waals surface area contributed by atoms with Gasteiger partial charge in [0.2, 0.25) is 0 Å². The van der Waals surface area contributed by atoms with Crippen molar-refractivity contribution in [2.75, 3.05) is 19.7 Å². The number of nitrogens with one attached hydrogen (secondary N) is 1. The standard InChI is InChI=1S/C13H24N2O5S/c16-13(17)12-7-3-4-9-15(12)21(18,19)14-8-10-20-11-5-1-2-6-11/h11-12,14H,1-10H2,(H,16,17). The molecular formula is C13H24N2O5S. The van der Waals surface area contributed by atoms with Gasteiger partial charge in [-0.05, 0) is 32.1 Å². The lowest BCUT2D eigenvalue weighted by molar-refractivity contribution is -0.142. The Hall–Kier alpha value is -0.700. The average molecular weight is 320 g/mol. The fraction of sp³-hybridized carbons (Fsp3) is 0.923. The Bertz CT molecular complexity index is 447. The summed E-state index contributed by atoms with van der Waals surface area (Å²) in [5.41, 5.74) is 0. The summed E-state index contributed by atoms with van der Waals surface area (Å²) in [4.78, 5) is 11.2. The molecule has 2 rings (SSSR count). The predicted octanol–water partition coefficient (Wildman–Crippen LogP) is 0.719. The van der Waals surface area contributed by atoms with Crippen LogP contribution in [-0.2, 0) is 19.7 Å². The molecule has 0 radical (unpaired) electrons. The first kappa shape index (κ1) is 16.7. The Morgan fingerprint density at radius 2 is 1.86 bits per heavy atom. The van der Waals surface area contributed by atoms with E-state index >= 15 is 0 Å². The Balaban J connectivity index is 1.80. The molecule has 1 saturated heterocycles. The molecule has 1 aliphatic carbocycles. The van der Waals surface area contributed by atoms with Crippen molar-refractivity contribution < 1.29 is 23.1 Å². The van der Waals surface area contributed by atoms with Gasteiger partial charge in [0.05, 0.1) is 12.7 Å². The Labute approximate surface area is 125 Å². The van der Waals surface area contributed by atoms with Gasteiger partial charge in [-0.15, -0.1) is 0 Å². The molecule has 7 nitrogen and oxygen atoms in total. The van der Waals surface area contributed by atoms with Crippen molar-refractivity contribution in [2.45, 2.75) is 57.1 Å². The molecular weight excluding hydrogens is 296 g/mol. The van der Waals surface area contributed by atoms with E-state index in [2.05, 4.69) is 4.72 Å². The second-order valence-electron chi connectivity index (χ2n) is 5.64. The smallest absolute Gasteiger partial charge is 0.322 e. The normalized spacial score (nSPS) is 25.2.